The van der Waals surface area contributed by atoms with E-state index in [1.165, 1.54) is 12.8 Å². The second-order valence-corrected chi connectivity index (χ2v) is 6.24. The summed E-state index contributed by atoms with van der Waals surface area (Å²) in [5, 5.41) is 3.31. The smallest absolute Gasteiger partial charge is 0.191 e. The van der Waals surface area contributed by atoms with Crippen molar-refractivity contribution in [1.29, 1.82) is 0 Å². The average molecular weight is 309 g/mol. The monoisotopic (exact) mass is 309 g/mol. The molecule has 3 rings (SSSR count). The van der Waals surface area contributed by atoms with Crippen molar-refractivity contribution < 1.29 is 4.74 Å². The summed E-state index contributed by atoms with van der Waals surface area (Å²) in [6.07, 6.45) is 3.43. The molecule has 0 unspecified atom stereocenters. The van der Waals surface area contributed by atoms with Crippen LogP contribution >= 0.6 is 11.3 Å². The van der Waals surface area contributed by atoms with Crippen molar-refractivity contribution in [1.82, 2.24) is 9.88 Å². The van der Waals surface area contributed by atoms with Crippen LogP contribution < -0.4 is 10.6 Å². The second kappa shape index (κ2) is 7.09. The van der Waals surface area contributed by atoms with E-state index < -0.39 is 0 Å². The van der Waals surface area contributed by atoms with Crippen LogP contribution in [0.15, 0.2) is 10.4 Å². The van der Waals surface area contributed by atoms with E-state index in [1.807, 2.05) is 0 Å². The highest BCUT2D eigenvalue weighted by Gasteiger charge is 2.15. The number of aromatic nitrogens is 1. The zero-order chi connectivity index (χ0) is 14.5. The van der Waals surface area contributed by atoms with Crippen LogP contribution in [0.1, 0.15) is 18.5 Å². The van der Waals surface area contributed by atoms with Gasteiger partial charge in [0.05, 0.1) is 18.9 Å². The molecule has 21 heavy (non-hydrogen) atoms. The first-order valence-electron chi connectivity index (χ1n) is 7.65. The summed E-state index contributed by atoms with van der Waals surface area (Å²) in [7, 11) is 0. The van der Waals surface area contributed by atoms with Gasteiger partial charge in [0, 0.05) is 44.5 Å². The zero-order valence-corrected chi connectivity index (χ0v) is 13.1. The number of anilines is 1. The van der Waals surface area contributed by atoms with Crippen molar-refractivity contribution >= 4 is 22.4 Å². The predicted octanol–water partition coefficient (Wildman–Crippen LogP) is 0.933. The molecule has 7 heteroatoms. The van der Waals surface area contributed by atoms with Crippen molar-refractivity contribution in [3.8, 4) is 0 Å². The Bertz CT molecular complexity index is 477. The highest BCUT2D eigenvalue weighted by atomic mass is 32.1. The fourth-order valence-corrected chi connectivity index (χ4v) is 3.56. The number of hydrogen-bond acceptors (Lipinski definition) is 5. The number of morpholine rings is 1. The molecule has 0 aliphatic carbocycles. The minimum absolute atomic E-state index is 0.633. The Balaban J connectivity index is 1.48. The number of aliphatic imine (C=N–C) groups is 1. The molecule has 2 aliphatic heterocycles. The van der Waals surface area contributed by atoms with Crippen LogP contribution in [0.2, 0.25) is 0 Å². The maximum atomic E-state index is 6.01. The van der Waals surface area contributed by atoms with Gasteiger partial charge in [-0.05, 0) is 12.8 Å². The molecule has 2 aliphatic rings. The molecule has 116 valence electrons. The largest absolute Gasteiger partial charge is 0.378 e. The van der Waals surface area contributed by atoms with E-state index in [4.69, 9.17) is 15.5 Å². The Kier molecular flexibility index (Phi) is 4.92. The van der Waals surface area contributed by atoms with Crippen molar-refractivity contribution in [2.45, 2.75) is 19.3 Å². The fourth-order valence-electron chi connectivity index (χ4n) is 2.64. The third-order valence-corrected chi connectivity index (χ3v) is 4.84. The molecular formula is C14H23N5OS. The number of nitrogens with two attached hydrogens (primary N) is 1. The molecule has 3 heterocycles. The van der Waals surface area contributed by atoms with Gasteiger partial charge in [-0.2, -0.15) is 0 Å². The SMILES string of the molecule is NC(=NCCc1csc(N2CCCC2)n1)N1CCOCC1. The van der Waals surface area contributed by atoms with Gasteiger partial charge in [0.2, 0.25) is 0 Å². The summed E-state index contributed by atoms with van der Waals surface area (Å²) in [5.41, 5.74) is 7.14. The van der Waals surface area contributed by atoms with Gasteiger partial charge in [0.1, 0.15) is 0 Å². The van der Waals surface area contributed by atoms with Crippen LogP contribution in [0.3, 0.4) is 0 Å². The quantitative estimate of drug-likeness (QED) is 0.662. The molecule has 1 aromatic rings. The molecule has 0 saturated carbocycles. The zero-order valence-electron chi connectivity index (χ0n) is 12.3. The number of hydrogen-bond donors (Lipinski definition) is 1. The maximum absolute atomic E-state index is 6.01. The van der Waals surface area contributed by atoms with Gasteiger partial charge >= 0.3 is 0 Å². The Morgan fingerprint density at radius 2 is 2.05 bits per heavy atom. The minimum atomic E-state index is 0.633. The van der Waals surface area contributed by atoms with Crippen LogP contribution in [-0.2, 0) is 11.2 Å². The van der Waals surface area contributed by atoms with Crippen molar-refractivity contribution in [3.05, 3.63) is 11.1 Å². The summed E-state index contributed by atoms with van der Waals surface area (Å²) in [6, 6.07) is 0. The lowest BCUT2D eigenvalue weighted by atomic mass is 10.3. The van der Waals surface area contributed by atoms with E-state index in [9.17, 15) is 0 Å². The van der Waals surface area contributed by atoms with Crippen LogP contribution in [0.4, 0.5) is 5.13 Å². The van der Waals surface area contributed by atoms with E-state index in [1.54, 1.807) is 11.3 Å². The first-order chi connectivity index (χ1) is 10.3. The van der Waals surface area contributed by atoms with Gasteiger partial charge in [-0.25, -0.2) is 4.98 Å². The number of ether oxygens (including phenoxy) is 1. The number of guanidine groups is 1. The van der Waals surface area contributed by atoms with Crippen LogP contribution in [0.5, 0.6) is 0 Å². The van der Waals surface area contributed by atoms with E-state index in [-0.39, 0.29) is 0 Å². The van der Waals surface area contributed by atoms with E-state index >= 15 is 0 Å². The molecule has 2 N–H and O–H groups in total. The fraction of sp³-hybridized carbons (Fsp3) is 0.714. The first-order valence-corrected chi connectivity index (χ1v) is 8.53. The summed E-state index contributed by atoms with van der Waals surface area (Å²) in [4.78, 5) is 13.6. The molecule has 0 spiro atoms. The summed E-state index contributed by atoms with van der Waals surface area (Å²) in [6.45, 7) is 6.15. The predicted molar refractivity (Wildman–Crippen MR) is 86.1 cm³/mol. The molecule has 0 radical (unpaired) electrons. The Labute approximate surface area is 129 Å². The third-order valence-electron chi connectivity index (χ3n) is 3.89. The lowest BCUT2D eigenvalue weighted by Crippen LogP contribution is -2.44. The Morgan fingerprint density at radius 3 is 2.81 bits per heavy atom. The summed E-state index contributed by atoms with van der Waals surface area (Å²) < 4.78 is 5.31. The topological polar surface area (TPSA) is 67.0 Å². The van der Waals surface area contributed by atoms with Gasteiger partial charge < -0.3 is 20.3 Å². The van der Waals surface area contributed by atoms with E-state index in [2.05, 4.69) is 20.2 Å². The molecule has 1 aromatic heterocycles. The normalized spacial score (nSPS) is 20.3. The second-order valence-electron chi connectivity index (χ2n) is 5.40. The highest BCUT2D eigenvalue weighted by Crippen LogP contribution is 2.24. The van der Waals surface area contributed by atoms with E-state index in [0.717, 1.165) is 56.6 Å². The van der Waals surface area contributed by atoms with Crippen molar-refractivity contribution in [2.75, 3.05) is 50.8 Å². The van der Waals surface area contributed by atoms with Crippen LogP contribution in [-0.4, -0.2) is 61.8 Å². The molecule has 0 amide bonds. The van der Waals surface area contributed by atoms with Gasteiger partial charge in [0.15, 0.2) is 11.1 Å². The molecule has 0 atom stereocenters. The third kappa shape index (κ3) is 3.85. The van der Waals surface area contributed by atoms with Crippen molar-refractivity contribution in [2.24, 2.45) is 10.7 Å². The van der Waals surface area contributed by atoms with Gasteiger partial charge in [-0.15, -0.1) is 11.3 Å². The van der Waals surface area contributed by atoms with Gasteiger partial charge in [-0.1, -0.05) is 0 Å². The summed E-state index contributed by atoms with van der Waals surface area (Å²) in [5.74, 6) is 0.633. The summed E-state index contributed by atoms with van der Waals surface area (Å²) >= 11 is 1.74. The highest BCUT2D eigenvalue weighted by molar-refractivity contribution is 7.13. The van der Waals surface area contributed by atoms with Crippen LogP contribution in [0.25, 0.3) is 0 Å². The molecular weight excluding hydrogens is 286 g/mol. The molecule has 0 bridgehead atoms. The average Bonchev–Trinajstić information content (AvgIpc) is 3.19. The minimum Gasteiger partial charge on any atom is -0.378 e. The lowest BCUT2D eigenvalue weighted by molar-refractivity contribution is 0.0674. The van der Waals surface area contributed by atoms with Crippen LogP contribution in [0, 0.1) is 0 Å². The van der Waals surface area contributed by atoms with Crippen molar-refractivity contribution in [3.63, 3.8) is 0 Å². The number of thiazole rings is 1. The molecule has 2 saturated heterocycles. The maximum Gasteiger partial charge on any atom is 0.191 e. The first kappa shape index (κ1) is 14.6. The van der Waals surface area contributed by atoms with E-state index in [0.29, 0.717) is 12.5 Å². The molecule has 2 fully saturated rings. The molecule has 0 aromatic carbocycles. The Morgan fingerprint density at radius 1 is 1.29 bits per heavy atom. The number of nitrogens with zero attached hydrogens (tertiary/aromatic N) is 4. The standard InChI is InChI=1S/C14H23N5OS/c15-13(18-7-9-20-10-8-18)16-4-3-12-11-21-14(17-12)19-5-1-2-6-19/h11H,1-10H2,(H2,15,16). The Hall–Kier alpha value is -1.34. The number of rotatable bonds is 4. The van der Waals surface area contributed by atoms with Gasteiger partial charge in [0.25, 0.3) is 0 Å². The lowest BCUT2D eigenvalue weighted by Gasteiger charge is -2.27. The van der Waals surface area contributed by atoms with Gasteiger partial charge in [-0.3, -0.25) is 4.99 Å². The molecule has 6 nitrogen and oxygen atoms in total.